The number of allylic oxidation sites excluding steroid dienone is 2. The Balaban J connectivity index is 4.31. The van der Waals surface area contributed by atoms with Crippen LogP contribution in [0.25, 0.3) is 0 Å². The second kappa shape index (κ2) is 40.8. The number of carbonyl (C=O) groups is 3. The summed E-state index contributed by atoms with van der Waals surface area (Å²) in [5.74, 6) is -2.27. The Kier molecular flexibility index (Phi) is 39.4. The van der Waals surface area contributed by atoms with Crippen molar-refractivity contribution >= 4 is 17.9 Å². The molecule has 2 atom stereocenters. The summed E-state index contributed by atoms with van der Waals surface area (Å²) in [5, 5.41) is 11.7. The molecule has 0 radical (unpaired) electrons. The molecule has 9 nitrogen and oxygen atoms in total. The van der Waals surface area contributed by atoms with E-state index in [-0.39, 0.29) is 32.2 Å². The van der Waals surface area contributed by atoms with Crippen molar-refractivity contribution in [2.24, 2.45) is 0 Å². The minimum absolute atomic E-state index is 0.150. The summed E-state index contributed by atoms with van der Waals surface area (Å²) in [6, 6.07) is 0. The molecule has 9 heteroatoms. The highest BCUT2D eigenvalue weighted by atomic mass is 16.7. The van der Waals surface area contributed by atoms with Gasteiger partial charge in [-0.05, 0) is 38.5 Å². The third kappa shape index (κ3) is 42.0. The fourth-order valence-corrected chi connectivity index (χ4v) is 6.77. The largest absolute Gasteiger partial charge is 0.545 e. The Bertz CT molecular complexity index is 949. The van der Waals surface area contributed by atoms with Crippen LogP contribution in [0.4, 0.5) is 0 Å². The van der Waals surface area contributed by atoms with Crippen LogP contribution in [-0.4, -0.2) is 82.3 Å². The van der Waals surface area contributed by atoms with Crippen molar-refractivity contribution < 1.29 is 42.9 Å². The average Bonchev–Trinajstić information content (AvgIpc) is 3.17. The lowest BCUT2D eigenvalue weighted by molar-refractivity contribution is -0.870. The van der Waals surface area contributed by atoms with Gasteiger partial charge in [-0.2, -0.15) is 0 Å². The minimum Gasteiger partial charge on any atom is -0.545 e. The summed E-state index contributed by atoms with van der Waals surface area (Å²) in [6.45, 7) is 4.75. The number of quaternary nitrogens is 1. The third-order valence-corrected chi connectivity index (χ3v) is 10.5. The number of hydrogen-bond donors (Lipinski definition) is 0. The first-order valence-corrected chi connectivity index (χ1v) is 23.8. The first kappa shape index (κ1) is 55.0. The molecule has 0 bridgehead atoms. The number of carboxylic acids is 1. The lowest BCUT2D eigenvalue weighted by atomic mass is 10.1. The lowest BCUT2D eigenvalue weighted by Gasteiger charge is -2.26. The number of aliphatic carboxylic acids is 1. The summed E-state index contributed by atoms with van der Waals surface area (Å²) in [6.07, 6.45) is 39.6. The van der Waals surface area contributed by atoms with Gasteiger partial charge in [0.2, 0.25) is 0 Å². The van der Waals surface area contributed by atoms with Crippen molar-refractivity contribution in [3.8, 4) is 0 Å². The topological polar surface area (TPSA) is 111 Å². The van der Waals surface area contributed by atoms with Gasteiger partial charge < -0.3 is 33.3 Å². The van der Waals surface area contributed by atoms with Crippen molar-refractivity contribution in [3.63, 3.8) is 0 Å². The molecule has 0 fully saturated rings. The normalized spacial score (nSPS) is 12.9. The molecular weight excluding hydrogens is 719 g/mol. The highest BCUT2D eigenvalue weighted by Crippen LogP contribution is 2.15. The molecule has 0 amide bonds. The van der Waals surface area contributed by atoms with E-state index >= 15 is 0 Å². The van der Waals surface area contributed by atoms with Crippen molar-refractivity contribution in [1.82, 2.24) is 0 Å². The fraction of sp³-hybridized carbons (Fsp3) is 0.896. The fourth-order valence-electron chi connectivity index (χ4n) is 6.77. The van der Waals surface area contributed by atoms with Crippen LogP contribution >= 0.6 is 0 Å². The van der Waals surface area contributed by atoms with Gasteiger partial charge in [0.1, 0.15) is 13.2 Å². The van der Waals surface area contributed by atoms with Gasteiger partial charge in [-0.15, -0.1) is 0 Å². The molecule has 0 aromatic rings. The molecular formula is C48H91NO8. The zero-order valence-electron chi connectivity index (χ0n) is 38.0. The van der Waals surface area contributed by atoms with Crippen molar-refractivity contribution in [1.29, 1.82) is 0 Å². The molecule has 57 heavy (non-hydrogen) atoms. The number of hydrogen-bond acceptors (Lipinski definition) is 8. The van der Waals surface area contributed by atoms with Crippen LogP contribution in [-0.2, 0) is 33.3 Å². The smallest absolute Gasteiger partial charge is 0.306 e. The first-order valence-electron chi connectivity index (χ1n) is 23.8. The Labute approximate surface area is 351 Å². The molecule has 0 saturated carbocycles. The molecule has 0 aromatic carbocycles. The molecule has 0 spiro atoms. The number of esters is 2. The number of unbranched alkanes of at least 4 members (excludes halogenated alkanes) is 27. The molecule has 0 aliphatic rings. The predicted molar refractivity (Wildman–Crippen MR) is 233 cm³/mol. The van der Waals surface area contributed by atoms with E-state index in [9.17, 15) is 19.5 Å². The zero-order valence-corrected chi connectivity index (χ0v) is 38.0. The van der Waals surface area contributed by atoms with Crippen LogP contribution in [0, 0.1) is 0 Å². The van der Waals surface area contributed by atoms with E-state index in [0.29, 0.717) is 23.9 Å². The molecule has 0 saturated heterocycles. The summed E-state index contributed by atoms with van der Waals surface area (Å²) in [7, 11) is 5.91. The zero-order chi connectivity index (χ0) is 42.1. The molecule has 0 N–H and O–H groups in total. The molecule has 0 heterocycles. The maximum Gasteiger partial charge on any atom is 0.306 e. The Hall–Kier alpha value is -1.97. The van der Waals surface area contributed by atoms with E-state index < -0.39 is 24.3 Å². The monoisotopic (exact) mass is 810 g/mol. The lowest BCUT2D eigenvalue weighted by Crippen LogP contribution is -2.44. The van der Waals surface area contributed by atoms with Gasteiger partial charge in [0.15, 0.2) is 12.4 Å². The van der Waals surface area contributed by atoms with E-state index in [0.717, 1.165) is 38.5 Å². The second-order valence-corrected chi connectivity index (χ2v) is 17.4. The molecule has 0 aliphatic heterocycles. The van der Waals surface area contributed by atoms with Gasteiger partial charge in [0.25, 0.3) is 0 Å². The Morgan fingerprint density at radius 1 is 0.509 bits per heavy atom. The van der Waals surface area contributed by atoms with E-state index in [4.69, 9.17) is 18.9 Å². The number of ether oxygens (including phenoxy) is 4. The van der Waals surface area contributed by atoms with Gasteiger partial charge in [0, 0.05) is 12.8 Å². The summed E-state index contributed by atoms with van der Waals surface area (Å²) < 4.78 is 22.6. The predicted octanol–water partition coefficient (Wildman–Crippen LogP) is 11.3. The average molecular weight is 810 g/mol. The van der Waals surface area contributed by atoms with Crippen LogP contribution in [0.2, 0.25) is 0 Å². The quantitative estimate of drug-likeness (QED) is 0.0197. The van der Waals surface area contributed by atoms with E-state index in [1.54, 1.807) is 0 Å². The summed E-state index contributed by atoms with van der Waals surface area (Å²) in [4.78, 5) is 37.0. The molecule has 0 aromatic heterocycles. The van der Waals surface area contributed by atoms with Crippen LogP contribution in [0.1, 0.15) is 219 Å². The minimum atomic E-state index is -1.61. The number of likely N-dealkylation sites (N-methyl/N-ethyl adjacent to an activating group) is 1. The van der Waals surface area contributed by atoms with Crippen LogP contribution in [0.5, 0.6) is 0 Å². The van der Waals surface area contributed by atoms with Crippen LogP contribution in [0.3, 0.4) is 0 Å². The SMILES string of the molecule is CCCCCCCCCC/C=C\CCCCCCCCCCCC(=O)OC(COC(=O)CCCCCCCCCCCCC)COC(OCC[N+](C)(C)C)C(=O)[O-]. The van der Waals surface area contributed by atoms with Crippen LogP contribution in [0.15, 0.2) is 12.2 Å². The number of carbonyl (C=O) groups excluding carboxylic acids is 3. The van der Waals surface area contributed by atoms with Gasteiger partial charge >= 0.3 is 11.9 Å². The number of carboxylic acid groups (broad SMARTS) is 1. The third-order valence-electron chi connectivity index (χ3n) is 10.5. The second-order valence-electron chi connectivity index (χ2n) is 17.4. The number of nitrogens with zero attached hydrogens (tertiary/aromatic N) is 1. The van der Waals surface area contributed by atoms with Gasteiger partial charge in [-0.3, -0.25) is 9.59 Å². The Morgan fingerprint density at radius 3 is 1.30 bits per heavy atom. The van der Waals surface area contributed by atoms with E-state index in [2.05, 4.69) is 26.0 Å². The molecule has 336 valence electrons. The standard InChI is InChI=1S/C48H91NO8/c1-6-8-10-12-14-16-18-19-20-21-22-23-24-25-26-27-29-31-33-35-37-39-46(51)57-44(43-56-48(47(52)53)54-41-40-49(3,4)5)42-55-45(50)38-36-34-32-30-28-17-15-13-11-9-7-2/h21-22,44,48H,6-20,23-43H2,1-5H3/b22-21-. The van der Waals surface area contributed by atoms with Gasteiger partial charge in [0.05, 0.1) is 40.3 Å². The maximum atomic E-state index is 12.8. The Morgan fingerprint density at radius 2 is 0.895 bits per heavy atom. The molecule has 2 unspecified atom stereocenters. The van der Waals surface area contributed by atoms with Crippen molar-refractivity contribution in [2.45, 2.75) is 232 Å². The van der Waals surface area contributed by atoms with Gasteiger partial charge in [-0.1, -0.05) is 180 Å². The first-order chi connectivity index (χ1) is 27.6. The van der Waals surface area contributed by atoms with Crippen LogP contribution < -0.4 is 5.11 Å². The molecule has 0 aliphatic carbocycles. The summed E-state index contributed by atoms with van der Waals surface area (Å²) >= 11 is 0. The molecule has 0 rings (SSSR count). The highest BCUT2D eigenvalue weighted by molar-refractivity contribution is 5.70. The number of rotatable bonds is 44. The highest BCUT2D eigenvalue weighted by Gasteiger charge is 2.21. The van der Waals surface area contributed by atoms with E-state index in [1.807, 2.05) is 21.1 Å². The van der Waals surface area contributed by atoms with Crippen molar-refractivity contribution in [3.05, 3.63) is 12.2 Å². The maximum absolute atomic E-state index is 12.8. The van der Waals surface area contributed by atoms with Crippen molar-refractivity contribution in [2.75, 3.05) is 47.5 Å². The summed E-state index contributed by atoms with van der Waals surface area (Å²) in [5.41, 5.74) is 0. The van der Waals surface area contributed by atoms with Gasteiger partial charge in [-0.25, -0.2) is 0 Å². The van der Waals surface area contributed by atoms with E-state index in [1.165, 1.54) is 148 Å².